The lowest BCUT2D eigenvalue weighted by molar-refractivity contribution is 0.460. The van der Waals surface area contributed by atoms with Crippen LogP contribution in [-0.2, 0) is 16.6 Å². The molecule has 0 bridgehead atoms. The van der Waals surface area contributed by atoms with Crippen LogP contribution in [0.1, 0.15) is 37.1 Å². The molecule has 0 saturated heterocycles. The van der Waals surface area contributed by atoms with Crippen molar-refractivity contribution in [2.24, 2.45) is 0 Å². The molecule has 108 valence electrons. The molecule has 0 spiro atoms. The van der Waals surface area contributed by atoms with E-state index in [0.29, 0.717) is 11.8 Å². The molecule has 1 N–H and O–H groups in total. The standard InChI is InChI=1S/C13H17N3O3S/c1-9(2)11-4-6-12(7-5-11)20(17,18)14-8-13-16-15-10(3)19-13/h4-7,9,14H,8H2,1-3H3. The zero-order chi connectivity index (χ0) is 14.8. The first-order chi connectivity index (χ1) is 9.38. The maximum absolute atomic E-state index is 12.1. The Bertz CT molecular complexity index is 675. The molecule has 0 fully saturated rings. The van der Waals surface area contributed by atoms with Gasteiger partial charge in [0.2, 0.25) is 21.8 Å². The molecule has 0 atom stereocenters. The third kappa shape index (κ3) is 3.43. The molecule has 1 aromatic heterocycles. The van der Waals surface area contributed by atoms with Gasteiger partial charge >= 0.3 is 0 Å². The highest BCUT2D eigenvalue weighted by atomic mass is 32.2. The van der Waals surface area contributed by atoms with Crippen LogP contribution in [0, 0.1) is 6.92 Å². The number of hydrogen-bond donors (Lipinski definition) is 1. The van der Waals surface area contributed by atoms with Crippen LogP contribution in [0.25, 0.3) is 0 Å². The van der Waals surface area contributed by atoms with Gasteiger partial charge in [0.15, 0.2) is 0 Å². The molecule has 1 aromatic carbocycles. The molecule has 0 radical (unpaired) electrons. The molecule has 0 saturated carbocycles. The van der Waals surface area contributed by atoms with Gasteiger partial charge in [0, 0.05) is 6.92 Å². The van der Waals surface area contributed by atoms with Gasteiger partial charge in [-0.3, -0.25) is 0 Å². The molecule has 6 nitrogen and oxygen atoms in total. The summed E-state index contributed by atoms with van der Waals surface area (Å²) in [5.74, 6) is 1.01. The molecule has 0 aliphatic carbocycles. The first-order valence-electron chi connectivity index (χ1n) is 6.27. The monoisotopic (exact) mass is 295 g/mol. The molecule has 0 amide bonds. The zero-order valence-electron chi connectivity index (χ0n) is 11.6. The number of sulfonamides is 1. The Morgan fingerprint density at radius 1 is 1.20 bits per heavy atom. The Morgan fingerprint density at radius 3 is 2.35 bits per heavy atom. The summed E-state index contributed by atoms with van der Waals surface area (Å²) in [5, 5.41) is 7.38. The van der Waals surface area contributed by atoms with Crippen molar-refractivity contribution in [3.8, 4) is 0 Å². The minimum absolute atomic E-state index is 0.0187. The maximum atomic E-state index is 12.1. The van der Waals surface area contributed by atoms with Gasteiger partial charge in [-0.1, -0.05) is 26.0 Å². The second kappa shape index (κ2) is 5.72. The van der Waals surface area contributed by atoms with Crippen molar-refractivity contribution in [1.29, 1.82) is 0 Å². The van der Waals surface area contributed by atoms with Crippen molar-refractivity contribution in [1.82, 2.24) is 14.9 Å². The number of nitrogens with one attached hydrogen (secondary N) is 1. The highest BCUT2D eigenvalue weighted by molar-refractivity contribution is 7.89. The Morgan fingerprint density at radius 2 is 1.85 bits per heavy atom. The summed E-state index contributed by atoms with van der Waals surface area (Å²) in [5.41, 5.74) is 1.09. The van der Waals surface area contributed by atoms with E-state index in [1.807, 2.05) is 12.1 Å². The van der Waals surface area contributed by atoms with Crippen molar-refractivity contribution in [3.63, 3.8) is 0 Å². The average Bonchev–Trinajstić information content (AvgIpc) is 2.82. The fourth-order valence-electron chi connectivity index (χ4n) is 1.68. The fourth-order valence-corrected chi connectivity index (χ4v) is 2.66. The van der Waals surface area contributed by atoms with Gasteiger partial charge in [-0.2, -0.15) is 0 Å². The molecule has 20 heavy (non-hydrogen) atoms. The number of nitrogens with zero attached hydrogens (tertiary/aromatic N) is 2. The molecule has 2 rings (SSSR count). The molecule has 2 aromatic rings. The summed E-state index contributed by atoms with van der Waals surface area (Å²) >= 11 is 0. The van der Waals surface area contributed by atoms with Crippen molar-refractivity contribution in [2.75, 3.05) is 0 Å². The lowest BCUT2D eigenvalue weighted by Gasteiger charge is -2.08. The number of aromatic nitrogens is 2. The molecular weight excluding hydrogens is 278 g/mol. The Balaban J connectivity index is 2.09. The van der Waals surface area contributed by atoms with Crippen LogP contribution in [0.5, 0.6) is 0 Å². The van der Waals surface area contributed by atoms with E-state index in [2.05, 4.69) is 28.8 Å². The smallest absolute Gasteiger partial charge is 0.241 e. The van der Waals surface area contributed by atoms with Crippen LogP contribution in [0.15, 0.2) is 33.6 Å². The highest BCUT2D eigenvalue weighted by Gasteiger charge is 2.15. The zero-order valence-corrected chi connectivity index (χ0v) is 12.4. The van der Waals surface area contributed by atoms with E-state index < -0.39 is 10.0 Å². The van der Waals surface area contributed by atoms with Crippen LogP contribution in [-0.4, -0.2) is 18.6 Å². The van der Waals surface area contributed by atoms with E-state index in [0.717, 1.165) is 5.56 Å². The normalized spacial score (nSPS) is 12.0. The van der Waals surface area contributed by atoms with Crippen molar-refractivity contribution >= 4 is 10.0 Å². The average molecular weight is 295 g/mol. The highest BCUT2D eigenvalue weighted by Crippen LogP contribution is 2.17. The van der Waals surface area contributed by atoms with E-state index in [1.54, 1.807) is 19.1 Å². The number of aryl methyl sites for hydroxylation is 1. The number of hydrogen-bond acceptors (Lipinski definition) is 5. The molecule has 7 heteroatoms. The van der Waals surface area contributed by atoms with Gasteiger partial charge in [0.1, 0.15) is 0 Å². The quantitative estimate of drug-likeness (QED) is 0.911. The topological polar surface area (TPSA) is 85.1 Å². The van der Waals surface area contributed by atoms with Crippen molar-refractivity contribution in [2.45, 2.75) is 38.1 Å². The predicted molar refractivity (Wildman–Crippen MR) is 73.6 cm³/mol. The second-order valence-electron chi connectivity index (χ2n) is 4.76. The molecule has 0 aliphatic heterocycles. The van der Waals surface area contributed by atoms with E-state index in [9.17, 15) is 8.42 Å². The summed E-state index contributed by atoms with van der Waals surface area (Å²) < 4.78 is 31.7. The Kier molecular flexibility index (Phi) is 4.20. The Hall–Kier alpha value is -1.73. The van der Waals surface area contributed by atoms with E-state index in [1.165, 1.54) is 0 Å². The SMILES string of the molecule is Cc1nnc(CNS(=O)(=O)c2ccc(C(C)C)cc2)o1. The van der Waals surface area contributed by atoms with Crippen LogP contribution in [0.4, 0.5) is 0 Å². The molecular formula is C13H17N3O3S. The lowest BCUT2D eigenvalue weighted by atomic mass is 10.0. The number of rotatable bonds is 5. The molecule has 0 unspecified atom stereocenters. The summed E-state index contributed by atoms with van der Waals surface area (Å²) in [6, 6.07) is 6.82. The van der Waals surface area contributed by atoms with Crippen molar-refractivity contribution in [3.05, 3.63) is 41.6 Å². The van der Waals surface area contributed by atoms with Crippen LogP contribution < -0.4 is 4.72 Å². The minimum atomic E-state index is -3.57. The van der Waals surface area contributed by atoms with E-state index in [-0.39, 0.29) is 17.3 Å². The summed E-state index contributed by atoms with van der Waals surface area (Å²) in [7, 11) is -3.57. The van der Waals surface area contributed by atoms with Crippen LogP contribution in [0.2, 0.25) is 0 Å². The van der Waals surface area contributed by atoms with Gasteiger partial charge < -0.3 is 4.42 Å². The van der Waals surface area contributed by atoms with E-state index >= 15 is 0 Å². The number of benzene rings is 1. The lowest BCUT2D eigenvalue weighted by Crippen LogP contribution is -2.23. The van der Waals surface area contributed by atoms with Gasteiger partial charge in [-0.15, -0.1) is 10.2 Å². The third-order valence-electron chi connectivity index (χ3n) is 2.84. The summed E-state index contributed by atoms with van der Waals surface area (Å²) in [6.07, 6.45) is 0. The van der Waals surface area contributed by atoms with Gasteiger partial charge in [0.05, 0.1) is 11.4 Å². The molecule has 1 heterocycles. The van der Waals surface area contributed by atoms with Gasteiger partial charge in [-0.25, -0.2) is 13.1 Å². The minimum Gasteiger partial charge on any atom is -0.424 e. The first-order valence-corrected chi connectivity index (χ1v) is 7.75. The largest absolute Gasteiger partial charge is 0.424 e. The predicted octanol–water partition coefficient (Wildman–Crippen LogP) is 1.98. The third-order valence-corrected chi connectivity index (χ3v) is 4.26. The van der Waals surface area contributed by atoms with Gasteiger partial charge in [-0.05, 0) is 23.6 Å². The van der Waals surface area contributed by atoms with Crippen LogP contribution >= 0.6 is 0 Å². The Labute approximate surface area is 118 Å². The molecule has 0 aliphatic rings. The van der Waals surface area contributed by atoms with Crippen LogP contribution in [0.3, 0.4) is 0 Å². The maximum Gasteiger partial charge on any atom is 0.241 e. The summed E-state index contributed by atoms with van der Waals surface area (Å²) in [4.78, 5) is 0.220. The fraction of sp³-hybridized carbons (Fsp3) is 0.385. The second-order valence-corrected chi connectivity index (χ2v) is 6.53. The van der Waals surface area contributed by atoms with E-state index in [4.69, 9.17) is 4.42 Å². The van der Waals surface area contributed by atoms with Crippen molar-refractivity contribution < 1.29 is 12.8 Å². The first kappa shape index (κ1) is 14.7. The summed E-state index contributed by atoms with van der Waals surface area (Å²) in [6.45, 7) is 5.74. The van der Waals surface area contributed by atoms with Gasteiger partial charge in [0.25, 0.3) is 0 Å².